The van der Waals surface area contributed by atoms with Gasteiger partial charge in [0.2, 0.25) is 0 Å². The summed E-state index contributed by atoms with van der Waals surface area (Å²) in [7, 11) is 3.20. The molecule has 4 aromatic rings. The minimum atomic E-state index is -0.230. The van der Waals surface area contributed by atoms with Crippen molar-refractivity contribution in [2.24, 2.45) is 0 Å². The van der Waals surface area contributed by atoms with Crippen LogP contribution in [-0.2, 0) is 6.54 Å². The summed E-state index contributed by atoms with van der Waals surface area (Å²) in [6, 6.07) is 16.6. The maximum Gasteiger partial charge on any atom is 0.256 e. The van der Waals surface area contributed by atoms with Crippen LogP contribution in [0.1, 0.15) is 15.9 Å². The molecule has 146 valence electrons. The largest absolute Gasteiger partial charge is 0.497 e. The van der Waals surface area contributed by atoms with Crippen molar-refractivity contribution in [1.82, 2.24) is 10.3 Å². The lowest BCUT2D eigenvalue weighted by molar-refractivity contribution is 0.0952. The van der Waals surface area contributed by atoms with Crippen LogP contribution in [0.5, 0.6) is 11.5 Å². The highest BCUT2D eigenvalue weighted by atomic mass is 16.5. The van der Waals surface area contributed by atoms with Gasteiger partial charge in [0.05, 0.1) is 19.8 Å². The van der Waals surface area contributed by atoms with Crippen LogP contribution in [0.15, 0.2) is 71.4 Å². The number of ether oxygens (including phenoxy) is 2. The number of carbonyl (C=O) groups excluding carboxylic acids is 1. The second kappa shape index (κ2) is 8.06. The number of hydrogen-bond donors (Lipinski definition) is 1. The maximum absolute atomic E-state index is 13.2. The van der Waals surface area contributed by atoms with E-state index in [0.717, 1.165) is 16.9 Å². The molecule has 0 unspecified atom stereocenters. The van der Waals surface area contributed by atoms with Crippen molar-refractivity contribution in [1.29, 1.82) is 0 Å². The summed E-state index contributed by atoms with van der Waals surface area (Å²) in [6.07, 6.45) is 3.42. The number of pyridine rings is 1. The van der Waals surface area contributed by atoms with Gasteiger partial charge in [-0.2, -0.15) is 0 Å². The van der Waals surface area contributed by atoms with E-state index in [2.05, 4.69) is 10.3 Å². The van der Waals surface area contributed by atoms with Gasteiger partial charge in [0.15, 0.2) is 0 Å². The molecule has 0 aliphatic heterocycles. The zero-order valence-electron chi connectivity index (χ0n) is 16.1. The van der Waals surface area contributed by atoms with Gasteiger partial charge in [-0.1, -0.05) is 6.07 Å². The smallest absolute Gasteiger partial charge is 0.256 e. The summed E-state index contributed by atoms with van der Waals surface area (Å²) < 4.78 is 16.6. The van der Waals surface area contributed by atoms with Gasteiger partial charge in [-0.15, -0.1) is 0 Å². The van der Waals surface area contributed by atoms with E-state index in [-0.39, 0.29) is 5.91 Å². The molecule has 29 heavy (non-hydrogen) atoms. The third-order valence-corrected chi connectivity index (χ3v) is 4.65. The standard InChI is InChI=1S/C23H20N2O4/c1-27-17-7-5-16(6-8-17)22-21(19-12-18(28-2)9-10-20(19)29-22)23(26)25-14-15-4-3-11-24-13-15/h3-13H,14H2,1-2H3,(H,25,26). The molecule has 0 radical (unpaired) electrons. The third kappa shape index (κ3) is 3.78. The predicted molar refractivity (Wildman–Crippen MR) is 110 cm³/mol. The van der Waals surface area contributed by atoms with Gasteiger partial charge in [0.25, 0.3) is 5.91 Å². The van der Waals surface area contributed by atoms with E-state index >= 15 is 0 Å². The van der Waals surface area contributed by atoms with Crippen molar-refractivity contribution < 1.29 is 18.7 Å². The van der Waals surface area contributed by atoms with Gasteiger partial charge >= 0.3 is 0 Å². The lowest BCUT2D eigenvalue weighted by Crippen LogP contribution is -2.23. The number of carbonyl (C=O) groups is 1. The van der Waals surface area contributed by atoms with Gasteiger partial charge in [-0.05, 0) is 54.1 Å². The molecule has 2 aromatic heterocycles. The summed E-state index contributed by atoms with van der Waals surface area (Å²) >= 11 is 0. The Hall–Kier alpha value is -3.80. The number of benzene rings is 2. The maximum atomic E-state index is 13.2. The third-order valence-electron chi connectivity index (χ3n) is 4.65. The topological polar surface area (TPSA) is 73.6 Å². The average Bonchev–Trinajstić information content (AvgIpc) is 3.17. The van der Waals surface area contributed by atoms with Crippen LogP contribution < -0.4 is 14.8 Å². The molecule has 0 saturated heterocycles. The Kier molecular flexibility index (Phi) is 5.16. The van der Waals surface area contributed by atoms with Crippen molar-refractivity contribution >= 4 is 16.9 Å². The molecular weight excluding hydrogens is 368 g/mol. The second-order valence-corrected chi connectivity index (χ2v) is 6.44. The van der Waals surface area contributed by atoms with Crippen LogP contribution >= 0.6 is 0 Å². The summed E-state index contributed by atoms with van der Waals surface area (Å²) in [5.74, 6) is 1.65. The molecule has 2 heterocycles. The molecule has 0 fully saturated rings. The van der Waals surface area contributed by atoms with Crippen LogP contribution in [0.4, 0.5) is 0 Å². The molecule has 0 aliphatic rings. The molecule has 0 aliphatic carbocycles. The van der Waals surface area contributed by atoms with Gasteiger partial charge in [0.1, 0.15) is 22.8 Å². The molecule has 6 nitrogen and oxygen atoms in total. The molecular formula is C23H20N2O4. The normalized spacial score (nSPS) is 10.7. The number of fused-ring (bicyclic) bond motifs is 1. The summed E-state index contributed by atoms with van der Waals surface area (Å²) in [5.41, 5.74) is 2.78. The highest BCUT2D eigenvalue weighted by Crippen LogP contribution is 2.36. The number of rotatable bonds is 6. The molecule has 4 rings (SSSR count). The van der Waals surface area contributed by atoms with E-state index in [9.17, 15) is 4.79 Å². The van der Waals surface area contributed by atoms with E-state index in [1.54, 1.807) is 38.7 Å². The van der Waals surface area contributed by atoms with Crippen molar-refractivity contribution in [2.75, 3.05) is 14.2 Å². The Labute approximate surface area is 168 Å². The Morgan fingerprint density at radius 1 is 1.03 bits per heavy atom. The van der Waals surface area contributed by atoms with E-state index in [1.807, 2.05) is 42.5 Å². The fourth-order valence-corrected chi connectivity index (χ4v) is 3.15. The van der Waals surface area contributed by atoms with Gasteiger partial charge < -0.3 is 19.2 Å². The molecule has 6 heteroatoms. The summed E-state index contributed by atoms with van der Waals surface area (Å²) in [5, 5.41) is 3.65. The number of amides is 1. The average molecular weight is 388 g/mol. The molecule has 0 bridgehead atoms. The Morgan fingerprint density at radius 3 is 2.48 bits per heavy atom. The SMILES string of the molecule is COc1ccc(-c2oc3ccc(OC)cc3c2C(=O)NCc2cccnc2)cc1. The number of hydrogen-bond acceptors (Lipinski definition) is 5. The van der Waals surface area contributed by atoms with Crippen molar-refractivity contribution in [3.05, 3.63) is 78.1 Å². The second-order valence-electron chi connectivity index (χ2n) is 6.44. The van der Waals surface area contributed by atoms with E-state index < -0.39 is 0 Å². The first-order valence-corrected chi connectivity index (χ1v) is 9.11. The number of aromatic nitrogens is 1. The zero-order valence-corrected chi connectivity index (χ0v) is 16.1. The zero-order chi connectivity index (χ0) is 20.2. The van der Waals surface area contributed by atoms with Gasteiger partial charge in [-0.25, -0.2) is 0 Å². The molecule has 0 saturated carbocycles. The molecule has 1 N–H and O–H groups in total. The molecule has 1 amide bonds. The van der Waals surface area contributed by atoms with E-state index in [1.165, 1.54) is 0 Å². The highest BCUT2D eigenvalue weighted by molar-refractivity contribution is 6.11. The Bertz CT molecular complexity index is 1130. The van der Waals surface area contributed by atoms with Gasteiger partial charge in [0, 0.05) is 29.9 Å². The molecule has 0 atom stereocenters. The minimum absolute atomic E-state index is 0.230. The number of furan rings is 1. The van der Waals surface area contributed by atoms with Crippen LogP contribution in [0.3, 0.4) is 0 Å². The Morgan fingerprint density at radius 2 is 1.79 bits per heavy atom. The van der Waals surface area contributed by atoms with Crippen molar-refractivity contribution in [3.8, 4) is 22.8 Å². The van der Waals surface area contributed by atoms with Gasteiger partial charge in [-0.3, -0.25) is 9.78 Å². The monoisotopic (exact) mass is 388 g/mol. The van der Waals surface area contributed by atoms with Crippen LogP contribution in [0.2, 0.25) is 0 Å². The molecule has 2 aromatic carbocycles. The molecule has 0 spiro atoms. The first-order valence-electron chi connectivity index (χ1n) is 9.11. The predicted octanol–water partition coefficient (Wildman–Crippen LogP) is 4.44. The lowest BCUT2D eigenvalue weighted by atomic mass is 10.0. The summed E-state index contributed by atoms with van der Waals surface area (Å²) in [4.78, 5) is 17.2. The number of methoxy groups -OCH3 is 2. The first kappa shape index (κ1) is 18.6. The van der Waals surface area contributed by atoms with E-state index in [0.29, 0.717) is 34.6 Å². The number of nitrogens with one attached hydrogen (secondary N) is 1. The van der Waals surface area contributed by atoms with Crippen LogP contribution in [0.25, 0.3) is 22.3 Å². The van der Waals surface area contributed by atoms with Crippen molar-refractivity contribution in [2.45, 2.75) is 6.54 Å². The first-order chi connectivity index (χ1) is 14.2. The number of nitrogens with zero attached hydrogens (tertiary/aromatic N) is 1. The van der Waals surface area contributed by atoms with E-state index in [4.69, 9.17) is 13.9 Å². The van der Waals surface area contributed by atoms with Crippen LogP contribution in [0, 0.1) is 0 Å². The van der Waals surface area contributed by atoms with Crippen LogP contribution in [-0.4, -0.2) is 25.1 Å². The minimum Gasteiger partial charge on any atom is -0.497 e. The van der Waals surface area contributed by atoms with Crippen molar-refractivity contribution in [3.63, 3.8) is 0 Å². The fourth-order valence-electron chi connectivity index (χ4n) is 3.15. The Balaban J connectivity index is 1.76. The summed E-state index contributed by atoms with van der Waals surface area (Å²) in [6.45, 7) is 0.366. The highest BCUT2D eigenvalue weighted by Gasteiger charge is 2.22. The lowest BCUT2D eigenvalue weighted by Gasteiger charge is -2.07. The quantitative estimate of drug-likeness (QED) is 0.529. The fraction of sp³-hybridized carbons (Fsp3) is 0.130.